The van der Waals surface area contributed by atoms with E-state index in [0.717, 1.165) is 5.70 Å². The Morgan fingerprint density at radius 3 is 2.69 bits per heavy atom. The number of carbonyl (C=O) groups is 3. The molecule has 4 heterocycles. The maximum atomic E-state index is 11.5. The largest absolute Gasteiger partial charge is 0.477 e. The normalized spacial score (nSPS) is 22.0. The highest BCUT2D eigenvalue weighted by atomic mass is 32.2. The predicted octanol–water partition coefficient (Wildman–Crippen LogP) is -0.473. The topological polar surface area (TPSA) is 155 Å². The van der Waals surface area contributed by atoms with E-state index < -0.39 is 11.9 Å². The first-order valence-corrected chi connectivity index (χ1v) is 11.4. The summed E-state index contributed by atoms with van der Waals surface area (Å²) in [5.74, 6) is -1.10. The van der Waals surface area contributed by atoms with E-state index in [9.17, 15) is 14.4 Å². The number of amides is 2. The van der Waals surface area contributed by atoms with E-state index in [2.05, 4.69) is 9.99 Å². The smallest absolute Gasteiger partial charge is 0.352 e. The van der Waals surface area contributed by atoms with Gasteiger partial charge in [0.25, 0.3) is 5.91 Å². The number of allylic oxidation sites excluding steroid dienone is 1. The molecule has 0 unspecified atom stereocenters. The molecular formula is C19H24N6O5S2+2. The number of nitrogens with two attached hydrogens (primary N) is 2. The van der Waals surface area contributed by atoms with Crippen molar-refractivity contribution < 1.29 is 33.5 Å². The second-order valence-corrected chi connectivity index (χ2v) is 9.16. The maximum Gasteiger partial charge on any atom is 0.352 e. The lowest BCUT2D eigenvalue weighted by atomic mass is 9.99. The lowest BCUT2D eigenvalue weighted by Gasteiger charge is -2.47. The molecule has 5 N–H and O–H groups in total. The highest BCUT2D eigenvalue weighted by Gasteiger charge is 2.49. The molecule has 1 aromatic heterocycles. The molecule has 0 bridgehead atoms. The minimum absolute atomic E-state index is 0.0342. The van der Waals surface area contributed by atoms with Gasteiger partial charge in [0.2, 0.25) is 18.2 Å². The molecule has 2 atom stereocenters. The number of primary amides is 1. The Balaban J connectivity index is 0.000000193. The van der Waals surface area contributed by atoms with Crippen LogP contribution in [0.25, 0.3) is 5.70 Å². The molecule has 3 aliphatic rings. The quantitative estimate of drug-likeness (QED) is 0.223. The third-order valence-electron chi connectivity index (χ3n) is 4.96. The molecule has 0 aliphatic carbocycles. The zero-order chi connectivity index (χ0) is 23.6. The standard InChI is InChI=1S/C11H13N5O2S.C8H9NO3S/c1-15-4-3-7(5-15)16-8(6-19-11(16)13)9(10(12)17)14-18-2;1-4-6(10)9-5(8(11)12)2-3-13-7(4)9/h3-4,6,13H,5H2,1-2H3,(H-,12,17);2,4,7H,3H2,1H3,(H,11,12)/p+2/b14-9-;/t;4-,7+/m.1/s1. The number of thioether (sulfide) groups is 1. The van der Waals surface area contributed by atoms with Crippen LogP contribution in [-0.4, -0.2) is 76.1 Å². The number of nitrogen functional groups attached to an aromatic ring is 1. The van der Waals surface area contributed by atoms with E-state index in [1.165, 1.54) is 23.3 Å². The van der Waals surface area contributed by atoms with Crippen LogP contribution >= 0.6 is 23.1 Å². The summed E-state index contributed by atoms with van der Waals surface area (Å²) < 4.78 is 3.76. The SMILES string of the molecule is CO/N=C(\C(N)=O)c1csc(N)[n+]1C1=CC=[N+](C)C1.C[C@@H]1C(=O)N2C(C(=O)O)=CCS[C@@H]12. The summed E-state index contributed by atoms with van der Waals surface area (Å²) in [6, 6.07) is 0. The fourth-order valence-electron chi connectivity index (χ4n) is 3.42. The number of fused-ring (bicyclic) bond motifs is 1. The number of likely N-dealkylation sites (N-methyl/N-ethyl adjacent to an activating group) is 1. The van der Waals surface area contributed by atoms with Crippen molar-refractivity contribution in [3.05, 3.63) is 28.9 Å². The number of aromatic nitrogens is 1. The molecule has 170 valence electrons. The van der Waals surface area contributed by atoms with Gasteiger partial charge in [-0.1, -0.05) is 23.4 Å². The Morgan fingerprint density at radius 2 is 2.12 bits per heavy atom. The number of oxime groups is 1. The van der Waals surface area contributed by atoms with Crippen LogP contribution in [0, 0.1) is 5.92 Å². The first kappa shape index (κ1) is 23.5. The van der Waals surface area contributed by atoms with Gasteiger partial charge >= 0.3 is 11.1 Å². The Kier molecular flexibility index (Phi) is 6.99. The van der Waals surface area contributed by atoms with E-state index in [1.807, 2.05) is 30.8 Å². The highest BCUT2D eigenvalue weighted by molar-refractivity contribution is 8.00. The van der Waals surface area contributed by atoms with E-state index in [1.54, 1.807) is 27.8 Å². The lowest BCUT2D eigenvalue weighted by molar-refractivity contribution is -0.585. The molecule has 11 nitrogen and oxygen atoms in total. The Labute approximate surface area is 192 Å². The van der Waals surface area contributed by atoms with Gasteiger partial charge in [0.05, 0.1) is 17.4 Å². The van der Waals surface area contributed by atoms with E-state index >= 15 is 0 Å². The van der Waals surface area contributed by atoms with E-state index in [0.29, 0.717) is 23.1 Å². The van der Waals surface area contributed by atoms with Crippen LogP contribution in [0.2, 0.25) is 0 Å². The summed E-state index contributed by atoms with van der Waals surface area (Å²) in [5, 5.41) is 14.8. The number of β-lactam (4-membered cyclic amide) rings is 1. The van der Waals surface area contributed by atoms with Gasteiger partial charge in [-0.05, 0) is 6.08 Å². The molecule has 0 radical (unpaired) electrons. The van der Waals surface area contributed by atoms with Crippen molar-refractivity contribution in [1.29, 1.82) is 0 Å². The number of hydrogen-bond acceptors (Lipinski definition) is 8. The molecule has 13 heteroatoms. The first-order valence-electron chi connectivity index (χ1n) is 9.50. The minimum atomic E-state index is -1.01. The van der Waals surface area contributed by atoms with E-state index in [-0.39, 0.29) is 28.6 Å². The molecular weight excluding hydrogens is 456 g/mol. The van der Waals surface area contributed by atoms with Crippen LogP contribution in [0.1, 0.15) is 12.6 Å². The van der Waals surface area contributed by atoms with Gasteiger partial charge in [0.15, 0.2) is 17.6 Å². The number of aliphatic carboxylic acids is 1. The van der Waals surface area contributed by atoms with Crippen LogP contribution in [0.4, 0.5) is 5.13 Å². The van der Waals surface area contributed by atoms with Crippen molar-refractivity contribution >= 4 is 63.6 Å². The third kappa shape index (κ3) is 4.39. The van der Waals surface area contributed by atoms with Crippen LogP contribution in [0.5, 0.6) is 0 Å². The number of rotatable bonds is 5. The number of thiazole rings is 1. The summed E-state index contributed by atoms with van der Waals surface area (Å²) in [7, 11) is 3.31. The number of carboxylic acids is 1. The molecule has 1 aromatic rings. The van der Waals surface area contributed by atoms with Gasteiger partial charge < -0.3 is 15.7 Å². The average molecular weight is 481 g/mol. The summed E-state index contributed by atoms with van der Waals surface area (Å²) in [6.07, 6.45) is 5.45. The molecule has 3 aliphatic heterocycles. The van der Waals surface area contributed by atoms with E-state index in [4.69, 9.17) is 16.6 Å². The minimum Gasteiger partial charge on any atom is -0.477 e. The number of nitrogens with zero attached hydrogens (tertiary/aromatic N) is 4. The number of carbonyl (C=O) groups excluding carboxylic acids is 2. The van der Waals surface area contributed by atoms with Crippen LogP contribution in [-0.2, 0) is 19.2 Å². The molecule has 1 saturated heterocycles. The monoisotopic (exact) mass is 480 g/mol. The molecule has 4 rings (SSSR count). The fraction of sp³-hybridized carbons (Fsp3) is 0.368. The van der Waals surface area contributed by atoms with Gasteiger partial charge in [-0.2, -0.15) is 4.57 Å². The number of carboxylic acid groups (broad SMARTS) is 1. The van der Waals surface area contributed by atoms with Crippen molar-refractivity contribution in [2.75, 3.05) is 32.2 Å². The summed E-state index contributed by atoms with van der Waals surface area (Å²) in [4.78, 5) is 39.5. The molecule has 32 heavy (non-hydrogen) atoms. The predicted molar refractivity (Wildman–Crippen MR) is 121 cm³/mol. The van der Waals surface area contributed by atoms with Gasteiger partial charge in [-0.15, -0.1) is 11.8 Å². The van der Waals surface area contributed by atoms with Crippen molar-refractivity contribution in [1.82, 2.24) is 4.90 Å². The average Bonchev–Trinajstić information content (AvgIpc) is 3.35. The summed E-state index contributed by atoms with van der Waals surface area (Å²) in [5.41, 5.74) is 13.0. The molecule has 0 spiro atoms. The van der Waals surface area contributed by atoms with Gasteiger partial charge in [0.1, 0.15) is 19.9 Å². The fourth-order valence-corrected chi connectivity index (χ4v) is 5.42. The highest BCUT2D eigenvalue weighted by Crippen LogP contribution is 2.40. The van der Waals surface area contributed by atoms with Crippen LogP contribution < -0.4 is 16.0 Å². The van der Waals surface area contributed by atoms with Gasteiger partial charge in [-0.25, -0.2) is 9.37 Å². The van der Waals surface area contributed by atoms with Crippen molar-refractivity contribution in [3.8, 4) is 0 Å². The number of hydrogen-bond donors (Lipinski definition) is 3. The Hall–Kier alpha value is -3.19. The molecule has 1 fully saturated rings. The molecule has 0 aromatic carbocycles. The van der Waals surface area contributed by atoms with Gasteiger partial charge in [0, 0.05) is 11.1 Å². The summed E-state index contributed by atoms with van der Waals surface area (Å²) in [6.45, 7) is 2.53. The second-order valence-electron chi connectivity index (χ2n) is 7.12. The summed E-state index contributed by atoms with van der Waals surface area (Å²) >= 11 is 2.93. The lowest BCUT2D eigenvalue weighted by Crippen LogP contribution is -2.59. The second kappa shape index (κ2) is 9.53. The number of anilines is 1. The van der Waals surface area contributed by atoms with Crippen molar-refractivity contribution in [3.63, 3.8) is 0 Å². The van der Waals surface area contributed by atoms with Crippen molar-refractivity contribution in [2.45, 2.75) is 12.3 Å². The van der Waals surface area contributed by atoms with Gasteiger partial charge in [-0.3, -0.25) is 20.2 Å². The zero-order valence-corrected chi connectivity index (χ0v) is 19.4. The molecule has 0 saturated carbocycles. The van der Waals surface area contributed by atoms with Crippen LogP contribution in [0.15, 0.2) is 28.4 Å². The van der Waals surface area contributed by atoms with Crippen molar-refractivity contribution in [2.24, 2.45) is 16.8 Å². The maximum absolute atomic E-state index is 11.5. The Morgan fingerprint density at radius 1 is 1.41 bits per heavy atom. The van der Waals surface area contributed by atoms with Crippen LogP contribution in [0.3, 0.4) is 0 Å². The first-order chi connectivity index (χ1) is 15.2. The third-order valence-corrected chi connectivity index (χ3v) is 7.05. The Bertz CT molecular complexity index is 1090. The molecule has 2 amide bonds. The zero-order valence-electron chi connectivity index (χ0n) is 17.7.